The van der Waals surface area contributed by atoms with Crippen molar-refractivity contribution in [3.8, 4) is 5.75 Å². The Kier molecular flexibility index (Phi) is 5.39. The van der Waals surface area contributed by atoms with Crippen molar-refractivity contribution in [2.45, 2.75) is 6.92 Å². The Morgan fingerprint density at radius 3 is 2.65 bits per heavy atom. The summed E-state index contributed by atoms with van der Waals surface area (Å²) in [7, 11) is 1.56. The molecule has 26 heavy (non-hydrogen) atoms. The minimum Gasteiger partial charge on any atom is -0.497 e. The van der Waals surface area contributed by atoms with Crippen LogP contribution < -0.4 is 15.4 Å². The summed E-state index contributed by atoms with van der Waals surface area (Å²) in [6, 6.07) is 16.2. The average Bonchev–Trinajstić information content (AvgIpc) is 2.65. The number of pyridine rings is 1. The number of methoxy groups -OCH3 is 1. The van der Waals surface area contributed by atoms with Gasteiger partial charge in [-0.3, -0.25) is 4.79 Å². The number of carbonyl (C=O) groups is 1. The minimum atomic E-state index is -0.222. The predicted octanol–water partition coefficient (Wildman–Crippen LogP) is 5.05. The van der Waals surface area contributed by atoms with E-state index in [0.717, 1.165) is 11.3 Å². The van der Waals surface area contributed by atoms with Crippen LogP contribution in [-0.4, -0.2) is 18.0 Å². The smallest absolute Gasteiger partial charge is 0.255 e. The first-order valence-corrected chi connectivity index (χ1v) is 8.37. The zero-order chi connectivity index (χ0) is 18.5. The summed E-state index contributed by atoms with van der Waals surface area (Å²) < 4.78 is 5.14. The van der Waals surface area contributed by atoms with Gasteiger partial charge in [0.15, 0.2) is 0 Å². The number of anilines is 3. The first-order chi connectivity index (χ1) is 12.5. The highest BCUT2D eigenvalue weighted by atomic mass is 35.5. The van der Waals surface area contributed by atoms with E-state index in [9.17, 15) is 4.79 Å². The molecular formula is C20H18ClN3O2. The van der Waals surface area contributed by atoms with Crippen LogP contribution in [0.2, 0.25) is 5.02 Å². The molecule has 132 valence electrons. The first kappa shape index (κ1) is 17.8. The van der Waals surface area contributed by atoms with Gasteiger partial charge in [-0.05, 0) is 61.0 Å². The Balaban J connectivity index is 1.68. The number of aryl methyl sites for hydroxylation is 1. The predicted molar refractivity (Wildman–Crippen MR) is 105 cm³/mol. The first-order valence-electron chi connectivity index (χ1n) is 8.00. The van der Waals surface area contributed by atoms with Gasteiger partial charge in [0.2, 0.25) is 0 Å². The van der Waals surface area contributed by atoms with Crippen LogP contribution in [0.15, 0.2) is 60.8 Å². The molecule has 6 heteroatoms. The van der Waals surface area contributed by atoms with Crippen molar-refractivity contribution in [1.82, 2.24) is 4.98 Å². The third-order valence-corrected chi connectivity index (χ3v) is 4.04. The summed E-state index contributed by atoms with van der Waals surface area (Å²) >= 11 is 5.97. The molecule has 0 radical (unpaired) electrons. The van der Waals surface area contributed by atoms with Gasteiger partial charge in [0, 0.05) is 16.3 Å². The number of hydrogen-bond acceptors (Lipinski definition) is 4. The minimum absolute atomic E-state index is 0.222. The number of nitrogens with one attached hydrogen (secondary N) is 2. The Bertz CT molecular complexity index is 927. The number of carbonyl (C=O) groups excluding carboxylic acids is 1. The fraction of sp³-hybridized carbons (Fsp3) is 0.100. The average molecular weight is 368 g/mol. The lowest BCUT2D eigenvalue weighted by atomic mass is 10.2. The van der Waals surface area contributed by atoms with Gasteiger partial charge < -0.3 is 15.4 Å². The standard InChI is InChI=1S/C20H18ClN3O2/c1-13-10-15(21)6-8-18(13)24-19-9-7-16(12-22-19)23-20(25)14-4-3-5-17(11-14)26-2/h3-12H,1-2H3,(H,22,24)(H,23,25). The lowest BCUT2D eigenvalue weighted by Gasteiger charge is -2.10. The Hall–Kier alpha value is -3.05. The molecule has 0 atom stereocenters. The van der Waals surface area contributed by atoms with Crippen LogP contribution in [0.1, 0.15) is 15.9 Å². The molecular weight excluding hydrogens is 350 g/mol. The summed E-state index contributed by atoms with van der Waals surface area (Å²) in [6.45, 7) is 1.97. The molecule has 3 aromatic rings. The molecule has 3 rings (SSSR count). The number of aromatic nitrogens is 1. The maximum absolute atomic E-state index is 12.3. The van der Waals surface area contributed by atoms with Gasteiger partial charge in [-0.1, -0.05) is 17.7 Å². The van der Waals surface area contributed by atoms with E-state index in [1.807, 2.05) is 25.1 Å². The number of rotatable bonds is 5. The molecule has 1 aromatic heterocycles. The van der Waals surface area contributed by atoms with Crippen molar-refractivity contribution in [3.63, 3.8) is 0 Å². The van der Waals surface area contributed by atoms with E-state index < -0.39 is 0 Å². The number of ether oxygens (including phenoxy) is 1. The Morgan fingerprint density at radius 1 is 1.12 bits per heavy atom. The van der Waals surface area contributed by atoms with Crippen LogP contribution in [0.3, 0.4) is 0 Å². The van der Waals surface area contributed by atoms with Crippen molar-refractivity contribution >= 4 is 34.7 Å². The Labute approximate surface area is 157 Å². The van der Waals surface area contributed by atoms with E-state index in [1.54, 1.807) is 49.7 Å². The second kappa shape index (κ2) is 7.89. The van der Waals surface area contributed by atoms with Crippen LogP contribution >= 0.6 is 11.6 Å². The SMILES string of the molecule is COc1cccc(C(=O)Nc2ccc(Nc3ccc(Cl)cc3C)nc2)c1. The summed E-state index contributed by atoms with van der Waals surface area (Å²) in [6.07, 6.45) is 1.60. The van der Waals surface area contributed by atoms with Crippen molar-refractivity contribution in [2.75, 3.05) is 17.7 Å². The summed E-state index contributed by atoms with van der Waals surface area (Å²) in [5, 5.41) is 6.74. The third-order valence-electron chi connectivity index (χ3n) is 3.80. The number of nitrogens with zero attached hydrogens (tertiary/aromatic N) is 1. The van der Waals surface area contributed by atoms with Crippen LogP contribution in [0.5, 0.6) is 5.75 Å². The maximum atomic E-state index is 12.3. The molecule has 0 aliphatic rings. The molecule has 1 heterocycles. The molecule has 5 nitrogen and oxygen atoms in total. The largest absolute Gasteiger partial charge is 0.497 e. The van der Waals surface area contributed by atoms with Crippen LogP contribution in [-0.2, 0) is 0 Å². The van der Waals surface area contributed by atoms with Gasteiger partial charge in [-0.15, -0.1) is 0 Å². The number of amides is 1. The molecule has 2 aromatic carbocycles. The Morgan fingerprint density at radius 2 is 1.96 bits per heavy atom. The van der Waals surface area contributed by atoms with E-state index in [0.29, 0.717) is 27.8 Å². The van der Waals surface area contributed by atoms with E-state index in [2.05, 4.69) is 15.6 Å². The molecule has 0 unspecified atom stereocenters. The van der Waals surface area contributed by atoms with Crippen molar-refractivity contribution < 1.29 is 9.53 Å². The highest BCUT2D eigenvalue weighted by molar-refractivity contribution is 6.30. The molecule has 0 fully saturated rings. The second-order valence-electron chi connectivity index (χ2n) is 5.70. The molecule has 0 spiro atoms. The van der Waals surface area contributed by atoms with E-state index in [-0.39, 0.29) is 5.91 Å². The van der Waals surface area contributed by atoms with Gasteiger partial charge in [0.05, 0.1) is 19.0 Å². The summed E-state index contributed by atoms with van der Waals surface area (Å²) in [5.41, 5.74) is 3.07. The molecule has 0 bridgehead atoms. The zero-order valence-electron chi connectivity index (χ0n) is 14.4. The number of halogens is 1. The number of hydrogen-bond donors (Lipinski definition) is 2. The zero-order valence-corrected chi connectivity index (χ0v) is 15.2. The fourth-order valence-electron chi connectivity index (χ4n) is 2.41. The van der Waals surface area contributed by atoms with Crippen LogP contribution in [0, 0.1) is 6.92 Å². The number of benzene rings is 2. The molecule has 0 saturated carbocycles. The van der Waals surface area contributed by atoms with Gasteiger partial charge in [0.25, 0.3) is 5.91 Å². The summed E-state index contributed by atoms with van der Waals surface area (Å²) in [5.74, 6) is 1.09. The van der Waals surface area contributed by atoms with Crippen LogP contribution in [0.4, 0.5) is 17.2 Å². The van der Waals surface area contributed by atoms with Gasteiger partial charge in [-0.2, -0.15) is 0 Å². The fourth-order valence-corrected chi connectivity index (χ4v) is 2.64. The van der Waals surface area contributed by atoms with E-state index in [4.69, 9.17) is 16.3 Å². The molecule has 1 amide bonds. The highest BCUT2D eigenvalue weighted by Gasteiger charge is 2.08. The lowest BCUT2D eigenvalue weighted by Crippen LogP contribution is -2.12. The molecule has 0 aliphatic carbocycles. The maximum Gasteiger partial charge on any atom is 0.255 e. The van der Waals surface area contributed by atoms with Crippen molar-refractivity contribution in [3.05, 3.63) is 76.9 Å². The normalized spacial score (nSPS) is 10.3. The topological polar surface area (TPSA) is 63.2 Å². The van der Waals surface area contributed by atoms with Gasteiger partial charge >= 0.3 is 0 Å². The van der Waals surface area contributed by atoms with E-state index in [1.165, 1.54) is 0 Å². The van der Waals surface area contributed by atoms with Crippen molar-refractivity contribution in [2.24, 2.45) is 0 Å². The highest BCUT2D eigenvalue weighted by Crippen LogP contribution is 2.23. The van der Waals surface area contributed by atoms with E-state index >= 15 is 0 Å². The molecule has 2 N–H and O–H groups in total. The quantitative estimate of drug-likeness (QED) is 0.662. The molecule has 0 saturated heterocycles. The van der Waals surface area contributed by atoms with Gasteiger partial charge in [-0.25, -0.2) is 4.98 Å². The molecule has 0 aliphatic heterocycles. The van der Waals surface area contributed by atoms with Crippen molar-refractivity contribution in [1.29, 1.82) is 0 Å². The van der Waals surface area contributed by atoms with Gasteiger partial charge in [0.1, 0.15) is 11.6 Å². The third kappa shape index (κ3) is 4.32. The van der Waals surface area contributed by atoms with Crippen LogP contribution in [0.25, 0.3) is 0 Å². The lowest BCUT2D eigenvalue weighted by molar-refractivity contribution is 0.102. The summed E-state index contributed by atoms with van der Waals surface area (Å²) in [4.78, 5) is 16.6. The monoisotopic (exact) mass is 367 g/mol. The second-order valence-corrected chi connectivity index (χ2v) is 6.14.